The first-order valence-corrected chi connectivity index (χ1v) is 10.0. The van der Waals surface area contributed by atoms with Gasteiger partial charge in [-0.2, -0.15) is 0 Å². The molecule has 5 rings (SSSR count). The number of fused-ring (bicyclic) bond motifs is 4. The molecule has 0 aliphatic carbocycles. The average Bonchev–Trinajstić information content (AvgIpc) is 3.36. The summed E-state index contributed by atoms with van der Waals surface area (Å²) in [7, 11) is 0. The van der Waals surface area contributed by atoms with Crippen LogP contribution in [-0.2, 0) is 9.53 Å². The van der Waals surface area contributed by atoms with Gasteiger partial charge in [0.25, 0.3) is 5.91 Å². The van der Waals surface area contributed by atoms with Crippen molar-refractivity contribution >= 4 is 17.6 Å². The molecule has 0 aromatic heterocycles. The quantitative estimate of drug-likeness (QED) is 0.663. The predicted octanol–water partition coefficient (Wildman–Crippen LogP) is 2.14. The van der Waals surface area contributed by atoms with Gasteiger partial charge in [-0.3, -0.25) is 9.59 Å². The zero-order chi connectivity index (χ0) is 21.5. The first-order valence-electron chi connectivity index (χ1n) is 10.0. The number of aliphatic hydroxyl groups excluding tert-OH is 1. The lowest BCUT2D eigenvalue weighted by atomic mass is 9.84. The summed E-state index contributed by atoms with van der Waals surface area (Å²) in [6.07, 6.45) is -1.21. The highest BCUT2D eigenvalue weighted by atomic mass is 16.7. The lowest BCUT2D eigenvalue weighted by molar-refractivity contribution is -0.153. The van der Waals surface area contributed by atoms with Crippen LogP contribution in [-0.4, -0.2) is 53.8 Å². The van der Waals surface area contributed by atoms with E-state index in [9.17, 15) is 14.7 Å². The van der Waals surface area contributed by atoms with Crippen molar-refractivity contribution in [1.29, 1.82) is 0 Å². The van der Waals surface area contributed by atoms with Crippen LogP contribution in [0.5, 0.6) is 17.2 Å². The van der Waals surface area contributed by atoms with Gasteiger partial charge in [0.1, 0.15) is 18.0 Å². The number of carboxylic acid groups (broad SMARTS) is 1. The summed E-state index contributed by atoms with van der Waals surface area (Å²) in [4.78, 5) is 23.9. The fourth-order valence-corrected chi connectivity index (χ4v) is 4.40. The Hall–Kier alpha value is -3.30. The monoisotopic (exact) mass is 427 g/mol. The van der Waals surface area contributed by atoms with Crippen LogP contribution in [0.4, 0.5) is 5.69 Å². The van der Waals surface area contributed by atoms with Crippen LogP contribution in [0.2, 0.25) is 0 Å². The molecule has 0 unspecified atom stereocenters. The molecular formula is C22H21NO8. The summed E-state index contributed by atoms with van der Waals surface area (Å²) < 4.78 is 22.3. The molecule has 0 radical (unpaired) electrons. The van der Waals surface area contributed by atoms with Crippen molar-refractivity contribution in [2.45, 2.75) is 37.1 Å². The van der Waals surface area contributed by atoms with Crippen molar-refractivity contribution < 1.29 is 38.7 Å². The van der Waals surface area contributed by atoms with E-state index in [1.807, 2.05) is 6.07 Å². The van der Waals surface area contributed by atoms with Gasteiger partial charge in [-0.15, -0.1) is 0 Å². The third kappa shape index (κ3) is 3.66. The number of hydrogen-bond acceptors (Lipinski definition) is 7. The maximum atomic E-state index is 12.7. The molecule has 2 aromatic rings. The van der Waals surface area contributed by atoms with Crippen LogP contribution in [0.25, 0.3) is 0 Å². The number of aliphatic carboxylic acids is 1. The lowest BCUT2D eigenvalue weighted by Gasteiger charge is -2.36. The van der Waals surface area contributed by atoms with E-state index < -0.39 is 24.3 Å². The molecule has 9 heteroatoms. The van der Waals surface area contributed by atoms with Crippen LogP contribution in [0, 0.1) is 0 Å². The van der Waals surface area contributed by atoms with Gasteiger partial charge in [-0.25, -0.2) is 0 Å². The normalized spacial score (nSPS) is 25.3. The van der Waals surface area contributed by atoms with E-state index in [4.69, 9.17) is 24.1 Å². The molecule has 3 aliphatic rings. The molecule has 1 saturated heterocycles. The topological polar surface area (TPSA) is 124 Å². The van der Waals surface area contributed by atoms with Crippen LogP contribution in [0.3, 0.4) is 0 Å². The Morgan fingerprint density at radius 3 is 2.68 bits per heavy atom. The highest BCUT2D eigenvalue weighted by Crippen LogP contribution is 2.47. The molecular weight excluding hydrogens is 406 g/mol. The summed E-state index contributed by atoms with van der Waals surface area (Å²) >= 11 is 0. The van der Waals surface area contributed by atoms with Gasteiger partial charge in [-0.05, 0) is 42.8 Å². The number of aliphatic hydroxyl groups is 1. The zero-order valence-electron chi connectivity index (χ0n) is 16.4. The van der Waals surface area contributed by atoms with Gasteiger partial charge >= 0.3 is 5.97 Å². The number of carbonyl (C=O) groups is 2. The van der Waals surface area contributed by atoms with Crippen molar-refractivity contribution in [2.24, 2.45) is 0 Å². The van der Waals surface area contributed by atoms with Gasteiger partial charge in [0.15, 0.2) is 11.5 Å². The van der Waals surface area contributed by atoms with Crippen LogP contribution >= 0.6 is 0 Å². The van der Waals surface area contributed by atoms with Crippen molar-refractivity contribution in [2.75, 3.05) is 18.7 Å². The highest BCUT2D eigenvalue weighted by molar-refractivity contribution is 6.04. The maximum Gasteiger partial charge on any atom is 0.305 e. The number of anilines is 1. The van der Waals surface area contributed by atoms with Crippen molar-refractivity contribution in [3.63, 3.8) is 0 Å². The predicted molar refractivity (Wildman–Crippen MR) is 107 cm³/mol. The summed E-state index contributed by atoms with van der Waals surface area (Å²) in [6, 6.07) is 10.3. The highest BCUT2D eigenvalue weighted by Gasteiger charge is 2.46. The number of benzene rings is 2. The second-order valence-corrected chi connectivity index (χ2v) is 7.78. The number of amides is 1. The van der Waals surface area contributed by atoms with Gasteiger partial charge in [0.2, 0.25) is 6.79 Å². The Bertz CT molecular complexity index is 1040. The van der Waals surface area contributed by atoms with Gasteiger partial charge < -0.3 is 34.5 Å². The molecule has 2 aromatic carbocycles. The Balaban J connectivity index is 1.36. The molecule has 1 amide bonds. The van der Waals surface area contributed by atoms with Crippen molar-refractivity contribution in [3.8, 4) is 17.2 Å². The smallest absolute Gasteiger partial charge is 0.305 e. The minimum absolute atomic E-state index is 0.132. The van der Waals surface area contributed by atoms with E-state index >= 15 is 0 Å². The minimum atomic E-state index is -0.955. The first-order chi connectivity index (χ1) is 15.0. The van der Waals surface area contributed by atoms with Gasteiger partial charge in [0.05, 0.1) is 19.1 Å². The van der Waals surface area contributed by atoms with Crippen LogP contribution < -0.4 is 19.5 Å². The first kappa shape index (κ1) is 19.7. The molecule has 1 fully saturated rings. The number of ether oxygens (including phenoxy) is 4. The van der Waals surface area contributed by atoms with Gasteiger partial charge in [-0.1, -0.05) is 0 Å². The van der Waals surface area contributed by atoms with Gasteiger partial charge in [0, 0.05) is 22.7 Å². The molecule has 31 heavy (non-hydrogen) atoms. The molecule has 0 bridgehead atoms. The molecule has 3 N–H and O–H groups in total. The van der Waals surface area contributed by atoms with Crippen LogP contribution in [0.1, 0.15) is 34.7 Å². The van der Waals surface area contributed by atoms with E-state index in [0.29, 0.717) is 34.9 Å². The second-order valence-electron chi connectivity index (χ2n) is 7.78. The summed E-state index contributed by atoms with van der Waals surface area (Å²) in [5.41, 5.74) is 1.89. The van der Waals surface area contributed by atoms with Crippen LogP contribution in [0.15, 0.2) is 36.4 Å². The average molecular weight is 427 g/mol. The molecule has 3 aliphatic heterocycles. The zero-order valence-corrected chi connectivity index (χ0v) is 16.4. The largest absolute Gasteiger partial charge is 0.487 e. The molecule has 0 saturated carbocycles. The molecule has 162 valence electrons. The molecule has 4 atom stereocenters. The molecule has 3 heterocycles. The van der Waals surface area contributed by atoms with E-state index in [1.165, 1.54) is 0 Å². The fourth-order valence-electron chi connectivity index (χ4n) is 4.40. The third-order valence-corrected chi connectivity index (χ3v) is 5.79. The summed E-state index contributed by atoms with van der Waals surface area (Å²) in [5, 5.41) is 21.7. The SMILES string of the molecule is O=C(O)C[C@@H]1C[C@H]2c3cc(NC(=O)c4ccc5c(c4)OCO5)ccc3O[C@H]2[C@H](CO)O1. The minimum Gasteiger partial charge on any atom is -0.487 e. The van der Waals surface area contributed by atoms with E-state index in [2.05, 4.69) is 5.32 Å². The van der Waals surface area contributed by atoms with E-state index in [-0.39, 0.29) is 31.6 Å². The molecule has 9 nitrogen and oxygen atoms in total. The molecule has 0 spiro atoms. The van der Waals surface area contributed by atoms with E-state index in [1.54, 1.807) is 30.3 Å². The summed E-state index contributed by atoms with van der Waals surface area (Å²) in [6.45, 7) is -0.131. The number of carbonyl (C=O) groups excluding carboxylic acids is 1. The Kier molecular flexibility index (Phi) is 4.91. The standard InChI is InChI=1S/C22H21NO8/c24-9-19-21-15(7-13(30-19)8-20(25)26)14-6-12(2-4-16(14)31-21)23-22(27)11-1-3-17-18(5-11)29-10-28-17/h1-6,13,15,19,21,24H,7-10H2,(H,23,27)(H,25,26)/t13-,15-,19-,21+/m0/s1. The Morgan fingerprint density at radius 1 is 1.06 bits per heavy atom. The number of nitrogens with one attached hydrogen (secondary N) is 1. The van der Waals surface area contributed by atoms with Crippen molar-refractivity contribution in [1.82, 2.24) is 0 Å². The second kappa shape index (κ2) is 7.75. The lowest BCUT2D eigenvalue weighted by Crippen LogP contribution is -2.46. The van der Waals surface area contributed by atoms with Crippen molar-refractivity contribution in [3.05, 3.63) is 47.5 Å². The number of rotatable bonds is 5. The number of carboxylic acids is 1. The Labute approximate surface area is 177 Å². The maximum absolute atomic E-state index is 12.7. The number of hydrogen-bond donors (Lipinski definition) is 3. The third-order valence-electron chi connectivity index (χ3n) is 5.79. The Morgan fingerprint density at radius 2 is 1.87 bits per heavy atom. The van der Waals surface area contributed by atoms with E-state index in [0.717, 1.165) is 5.56 Å². The fraction of sp³-hybridized carbons (Fsp3) is 0.364. The summed E-state index contributed by atoms with van der Waals surface area (Å²) in [5.74, 6) is 0.397.